The Morgan fingerprint density at radius 3 is 1.85 bits per heavy atom. The van der Waals surface area contributed by atoms with E-state index < -0.39 is 0 Å². The Balaban J connectivity index is 1.42. The van der Waals surface area contributed by atoms with Crippen molar-refractivity contribution in [1.29, 1.82) is 0 Å². The van der Waals surface area contributed by atoms with Gasteiger partial charge in [-0.1, -0.05) is 54.6 Å². The van der Waals surface area contributed by atoms with Gasteiger partial charge in [0.25, 0.3) is 0 Å². The van der Waals surface area contributed by atoms with E-state index in [1.54, 1.807) is 5.56 Å². The number of quaternary nitrogens is 1. The van der Waals surface area contributed by atoms with E-state index in [-0.39, 0.29) is 0 Å². The van der Waals surface area contributed by atoms with E-state index in [0.29, 0.717) is 0 Å². The van der Waals surface area contributed by atoms with Crippen LogP contribution < -0.4 is 0 Å². The predicted molar refractivity (Wildman–Crippen MR) is 113 cm³/mol. The summed E-state index contributed by atoms with van der Waals surface area (Å²) in [5, 5.41) is 8.63. The molecule has 1 nitrogen and oxygen atoms in total. The Kier molecular flexibility index (Phi) is 2.77. The molecular formula is C26H26N+. The van der Waals surface area contributed by atoms with Crippen LogP contribution in [0.2, 0.25) is 0 Å². The van der Waals surface area contributed by atoms with Crippen LogP contribution in [0.1, 0.15) is 24.8 Å². The zero-order chi connectivity index (χ0) is 17.6. The Morgan fingerprint density at radius 1 is 0.630 bits per heavy atom. The van der Waals surface area contributed by atoms with Crippen LogP contribution in [0.5, 0.6) is 0 Å². The van der Waals surface area contributed by atoms with Crippen molar-refractivity contribution in [3.05, 3.63) is 60.2 Å². The van der Waals surface area contributed by atoms with Crippen LogP contribution in [0, 0.1) is 17.8 Å². The molecule has 3 heterocycles. The van der Waals surface area contributed by atoms with Gasteiger partial charge in [0.05, 0.1) is 19.6 Å². The van der Waals surface area contributed by atoms with E-state index in [1.165, 1.54) is 82.2 Å². The number of hydrogen-bond acceptors (Lipinski definition) is 0. The topological polar surface area (TPSA) is 0 Å². The smallest absolute Gasteiger partial charge is 0.105 e. The molecule has 4 aliphatic rings. The molecule has 27 heavy (non-hydrogen) atoms. The van der Waals surface area contributed by atoms with Crippen LogP contribution in [0.25, 0.3) is 32.3 Å². The van der Waals surface area contributed by atoms with E-state index in [9.17, 15) is 0 Å². The minimum absolute atomic E-state index is 1.01. The van der Waals surface area contributed by atoms with Gasteiger partial charge in [0.1, 0.15) is 6.54 Å². The highest BCUT2D eigenvalue weighted by Gasteiger charge is 2.51. The van der Waals surface area contributed by atoms with Gasteiger partial charge in [0.15, 0.2) is 0 Å². The summed E-state index contributed by atoms with van der Waals surface area (Å²) in [5.74, 6) is 3.03. The highest BCUT2D eigenvalue weighted by Crippen LogP contribution is 2.48. The van der Waals surface area contributed by atoms with Crippen LogP contribution in [0.3, 0.4) is 0 Å². The van der Waals surface area contributed by atoms with Crippen molar-refractivity contribution in [2.75, 3.05) is 19.6 Å². The molecule has 0 amide bonds. The van der Waals surface area contributed by atoms with Gasteiger partial charge in [-0.15, -0.1) is 0 Å². The lowest BCUT2D eigenvalue weighted by Gasteiger charge is -2.58. The third kappa shape index (κ3) is 2.04. The van der Waals surface area contributed by atoms with Gasteiger partial charge in [-0.05, 0) is 51.6 Å². The molecule has 0 N–H and O–H groups in total. The maximum Gasteiger partial charge on any atom is 0.105 e. The first-order valence-electron chi connectivity index (χ1n) is 10.8. The quantitative estimate of drug-likeness (QED) is 0.308. The first-order valence-corrected chi connectivity index (χ1v) is 10.8. The van der Waals surface area contributed by atoms with Gasteiger partial charge in [-0.25, -0.2) is 0 Å². The average Bonchev–Trinajstić information content (AvgIpc) is 2.66. The van der Waals surface area contributed by atoms with E-state index >= 15 is 0 Å². The maximum absolute atomic E-state index is 2.44. The standard InChI is InChI=1S/C26H26N/c1-2-20-4-5-22-6-7-23(24-9-8-21(3-1)25(20)26(22)24)16-27-13-17-10-18(14-27)12-19(11-17)15-27/h1-9,17-19H,10-16H2/q+1. The summed E-state index contributed by atoms with van der Waals surface area (Å²) in [7, 11) is 0. The summed E-state index contributed by atoms with van der Waals surface area (Å²) in [4.78, 5) is 0. The monoisotopic (exact) mass is 352 g/mol. The SMILES string of the molecule is c1cc2ccc3ccc(C[N+]45CC6CC(CC(C6)C4)C5)c4ccc(c1)c2c34. The summed E-state index contributed by atoms with van der Waals surface area (Å²) < 4.78 is 1.38. The molecule has 4 bridgehead atoms. The van der Waals surface area contributed by atoms with Crippen molar-refractivity contribution >= 4 is 32.3 Å². The van der Waals surface area contributed by atoms with Crippen LogP contribution in [0.4, 0.5) is 0 Å². The number of benzene rings is 4. The van der Waals surface area contributed by atoms with Crippen LogP contribution in [-0.2, 0) is 6.54 Å². The van der Waals surface area contributed by atoms with Gasteiger partial charge in [0, 0.05) is 23.3 Å². The van der Waals surface area contributed by atoms with Crippen molar-refractivity contribution < 1.29 is 4.48 Å². The minimum atomic E-state index is 1.01. The number of hydrogen-bond donors (Lipinski definition) is 0. The molecular weight excluding hydrogens is 326 g/mol. The normalized spacial score (nSPS) is 32.2. The number of nitrogens with zero attached hydrogens (tertiary/aromatic N) is 1. The molecule has 0 aromatic heterocycles. The Hall–Kier alpha value is -2.12. The van der Waals surface area contributed by atoms with Gasteiger partial charge in [-0.3, -0.25) is 0 Å². The second kappa shape index (κ2) is 5.02. The lowest BCUT2D eigenvalue weighted by atomic mass is 9.66. The fourth-order valence-corrected chi connectivity index (χ4v) is 7.51. The van der Waals surface area contributed by atoms with Gasteiger partial charge in [0.2, 0.25) is 0 Å². The first-order chi connectivity index (χ1) is 13.3. The Labute approximate surface area is 160 Å². The van der Waals surface area contributed by atoms with Crippen LogP contribution in [-0.4, -0.2) is 24.1 Å². The van der Waals surface area contributed by atoms with Gasteiger partial charge in [-0.2, -0.15) is 0 Å². The predicted octanol–water partition coefficient (Wildman–Crippen LogP) is 5.96. The molecule has 4 aromatic rings. The minimum Gasteiger partial charge on any atom is -0.319 e. The third-order valence-electron chi connectivity index (χ3n) is 8.06. The molecule has 4 fully saturated rings. The van der Waals surface area contributed by atoms with Crippen LogP contribution in [0.15, 0.2) is 54.6 Å². The fraction of sp³-hybridized carbons (Fsp3) is 0.385. The molecule has 8 rings (SSSR count). The number of piperidine rings is 3. The third-order valence-corrected chi connectivity index (χ3v) is 8.06. The molecule has 4 aromatic carbocycles. The maximum atomic E-state index is 2.44. The summed E-state index contributed by atoms with van der Waals surface area (Å²) in [6, 6.07) is 20.9. The van der Waals surface area contributed by atoms with Crippen LogP contribution >= 0.6 is 0 Å². The summed E-state index contributed by atoms with van der Waals surface area (Å²) in [6.45, 7) is 5.57. The van der Waals surface area contributed by atoms with Crippen molar-refractivity contribution in [2.24, 2.45) is 17.8 Å². The fourth-order valence-electron chi connectivity index (χ4n) is 7.51. The van der Waals surface area contributed by atoms with Crippen molar-refractivity contribution in [3.63, 3.8) is 0 Å². The number of rotatable bonds is 2. The molecule has 1 saturated carbocycles. The summed E-state index contributed by atoms with van der Waals surface area (Å²) in [5.41, 5.74) is 1.59. The van der Waals surface area contributed by atoms with E-state index in [0.717, 1.165) is 17.8 Å². The van der Waals surface area contributed by atoms with E-state index in [1.807, 2.05) is 0 Å². The zero-order valence-electron chi connectivity index (χ0n) is 15.8. The molecule has 3 aliphatic heterocycles. The van der Waals surface area contributed by atoms with E-state index in [4.69, 9.17) is 0 Å². The highest BCUT2D eigenvalue weighted by molar-refractivity contribution is 6.23. The largest absolute Gasteiger partial charge is 0.319 e. The van der Waals surface area contributed by atoms with Crippen molar-refractivity contribution in [1.82, 2.24) is 0 Å². The molecule has 0 atom stereocenters. The lowest BCUT2D eigenvalue weighted by Crippen LogP contribution is -2.65. The second-order valence-corrected chi connectivity index (χ2v) is 9.93. The Morgan fingerprint density at radius 2 is 1.19 bits per heavy atom. The average molecular weight is 353 g/mol. The van der Waals surface area contributed by atoms with Gasteiger partial charge >= 0.3 is 0 Å². The zero-order valence-corrected chi connectivity index (χ0v) is 15.8. The molecule has 3 saturated heterocycles. The highest BCUT2D eigenvalue weighted by atomic mass is 15.4. The molecule has 0 spiro atoms. The molecule has 134 valence electrons. The molecule has 1 aliphatic carbocycles. The van der Waals surface area contributed by atoms with Crippen molar-refractivity contribution in [2.45, 2.75) is 25.8 Å². The van der Waals surface area contributed by atoms with Crippen molar-refractivity contribution in [3.8, 4) is 0 Å². The molecule has 0 unspecified atom stereocenters. The summed E-state index contributed by atoms with van der Waals surface area (Å²) >= 11 is 0. The molecule has 1 heteroatoms. The Bertz CT molecular complexity index is 1140. The molecule has 0 radical (unpaired) electrons. The van der Waals surface area contributed by atoms with E-state index in [2.05, 4.69) is 54.6 Å². The summed E-state index contributed by atoms with van der Waals surface area (Å²) in [6.07, 6.45) is 4.57. The van der Waals surface area contributed by atoms with Gasteiger partial charge < -0.3 is 4.48 Å². The lowest BCUT2D eigenvalue weighted by molar-refractivity contribution is -0.966. The first kappa shape index (κ1) is 14.9. The second-order valence-electron chi connectivity index (χ2n) is 9.93.